The predicted molar refractivity (Wildman–Crippen MR) is 45.6 cm³/mol. The predicted octanol–water partition coefficient (Wildman–Crippen LogP) is 1.12. The lowest BCUT2D eigenvalue weighted by Crippen LogP contribution is -2.15. The second kappa shape index (κ2) is 5.59. The van der Waals surface area contributed by atoms with Gasteiger partial charge in [0.05, 0.1) is 6.42 Å². The van der Waals surface area contributed by atoms with Crippen LogP contribution in [0.5, 0.6) is 0 Å². The van der Waals surface area contributed by atoms with Crippen molar-refractivity contribution < 1.29 is 9.90 Å². The molecule has 0 aliphatic carbocycles. The van der Waals surface area contributed by atoms with Gasteiger partial charge in [0.1, 0.15) is 17.3 Å². The highest BCUT2D eigenvalue weighted by atomic mass is 32.2. The van der Waals surface area contributed by atoms with Crippen LogP contribution in [0.25, 0.3) is 0 Å². The van der Waals surface area contributed by atoms with E-state index >= 15 is 0 Å². The number of aliphatic carboxylic acids is 1. The third-order valence-electron chi connectivity index (χ3n) is 1.42. The van der Waals surface area contributed by atoms with E-state index in [1.807, 2.05) is 0 Å². The van der Waals surface area contributed by atoms with Crippen LogP contribution < -0.4 is 0 Å². The SMILES string of the molecule is CC[S+](CC)CCC(=O)O. The number of carbonyl (C=O) groups is 1. The molecule has 0 rings (SSSR count). The van der Waals surface area contributed by atoms with E-state index in [2.05, 4.69) is 13.8 Å². The normalized spacial score (nSPS) is 10.3. The Morgan fingerprint density at radius 3 is 2.20 bits per heavy atom. The van der Waals surface area contributed by atoms with Crippen LogP contribution in [0.1, 0.15) is 20.3 Å². The molecule has 1 N–H and O–H groups in total. The summed E-state index contributed by atoms with van der Waals surface area (Å²) in [6.07, 6.45) is 0.338. The van der Waals surface area contributed by atoms with Crippen molar-refractivity contribution in [1.29, 1.82) is 0 Å². The second-order valence-electron chi connectivity index (χ2n) is 2.04. The highest BCUT2D eigenvalue weighted by molar-refractivity contribution is 7.96. The maximum Gasteiger partial charge on any atom is 0.308 e. The van der Waals surface area contributed by atoms with Gasteiger partial charge in [0.25, 0.3) is 0 Å². The third kappa shape index (κ3) is 4.68. The molecule has 0 heterocycles. The molecule has 2 nitrogen and oxygen atoms in total. The Balaban J connectivity index is 3.34. The highest BCUT2D eigenvalue weighted by Gasteiger charge is 2.13. The molecule has 0 radical (unpaired) electrons. The Hall–Kier alpha value is -0.180. The molecule has 0 fully saturated rings. The summed E-state index contributed by atoms with van der Waals surface area (Å²) >= 11 is 0. The first kappa shape index (κ1) is 9.82. The first-order valence-corrected chi connectivity index (χ1v) is 5.29. The van der Waals surface area contributed by atoms with E-state index in [9.17, 15) is 4.79 Å². The molecule has 60 valence electrons. The number of hydrogen-bond donors (Lipinski definition) is 1. The van der Waals surface area contributed by atoms with Gasteiger partial charge in [-0.1, -0.05) is 0 Å². The van der Waals surface area contributed by atoms with E-state index in [1.165, 1.54) is 0 Å². The lowest BCUT2D eigenvalue weighted by molar-refractivity contribution is -0.136. The molecule has 10 heavy (non-hydrogen) atoms. The molecule has 3 heteroatoms. The summed E-state index contributed by atoms with van der Waals surface area (Å²) in [5.41, 5.74) is 0. The minimum Gasteiger partial charge on any atom is -0.481 e. The minimum atomic E-state index is -0.667. The van der Waals surface area contributed by atoms with Crippen molar-refractivity contribution in [3.63, 3.8) is 0 Å². The van der Waals surface area contributed by atoms with Gasteiger partial charge >= 0.3 is 5.97 Å². The highest BCUT2D eigenvalue weighted by Crippen LogP contribution is 1.98. The first-order chi connectivity index (χ1) is 4.70. The lowest BCUT2D eigenvalue weighted by atomic mass is 10.5. The Morgan fingerprint density at radius 2 is 1.90 bits per heavy atom. The van der Waals surface area contributed by atoms with Crippen molar-refractivity contribution >= 4 is 16.9 Å². The van der Waals surface area contributed by atoms with Crippen LogP contribution in [-0.2, 0) is 15.7 Å². The Labute approximate surface area is 65.0 Å². The quantitative estimate of drug-likeness (QED) is 0.617. The standard InChI is InChI=1S/C7H14O2S/c1-3-10(4-2)6-5-7(8)9/h3-6H2,1-2H3/p+1. The molecule has 0 aliphatic heterocycles. The average molecular weight is 163 g/mol. The van der Waals surface area contributed by atoms with Gasteiger partial charge in [-0.3, -0.25) is 4.79 Å². The monoisotopic (exact) mass is 163 g/mol. The smallest absolute Gasteiger partial charge is 0.308 e. The zero-order chi connectivity index (χ0) is 7.98. The number of carboxylic acids is 1. The van der Waals surface area contributed by atoms with Gasteiger partial charge in [-0.15, -0.1) is 0 Å². The van der Waals surface area contributed by atoms with Crippen LogP contribution in [0.2, 0.25) is 0 Å². The molecule has 0 aliphatic rings. The molecule has 0 saturated heterocycles. The van der Waals surface area contributed by atoms with Crippen LogP contribution in [0.4, 0.5) is 0 Å². The Morgan fingerprint density at radius 1 is 1.40 bits per heavy atom. The maximum absolute atomic E-state index is 10.1. The summed E-state index contributed by atoms with van der Waals surface area (Å²) < 4.78 is 0. The van der Waals surface area contributed by atoms with E-state index in [0.717, 1.165) is 17.3 Å². The van der Waals surface area contributed by atoms with Crippen molar-refractivity contribution in [2.24, 2.45) is 0 Å². The molecule has 0 unspecified atom stereocenters. The fourth-order valence-corrected chi connectivity index (χ4v) is 2.17. The Kier molecular flexibility index (Phi) is 5.49. The van der Waals surface area contributed by atoms with Crippen molar-refractivity contribution in [2.45, 2.75) is 20.3 Å². The van der Waals surface area contributed by atoms with Crippen LogP contribution in [0, 0.1) is 0 Å². The molecule has 0 bridgehead atoms. The summed E-state index contributed by atoms with van der Waals surface area (Å²) in [6, 6.07) is 0. The lowest BCUT2D eigenvalue weighted by Gasteiger charge is -1.99. The van der Waals surface area contributed by atoms with Crippen LogP contribution >= 0.6 is 0 Å². The maximum atomic E-state index is 10.1. The molecular weight excluding hydrogens is 148 g/mol. The molecule has 0 saturated carbocycles. The van der Waals surface area contributed by atoms with E-state index in [1.54, 1.807) is 0 Å². The number of hydrogen-bond acceptors (Lipinski definition) is 1. The molecule has 0 atom stereocenters. The largest absolute Gasteiger partial charge is 0.481 e. The zero-order valence-corrected chi connectivity index (χ0v) is 7.41. The second-order valence-corrected chi connectivity index (χ2v) is 4.83. The molecule has 0 aromatic heterocycles. The topological polar surface area (TPSA) is 37.3 Å². The van der Waals surface area contributed by atoms with Gasteiger partial charge in [0.2, 0.25) is 0 Å². The molecular formula is C7H15O2S+. The molecule has 0 amide bonds. The van der Waals surface area contributed by atoms with Gasteiger partial charge in [0, 0.05) is 0 Å². The Bertz CT molecular complexity index is 99.8. The van der Waals surface area contributed by atoms with Gasteiger partial charge in [-0.25, -0.2) is 0 Å². The first-order valence-electron chi connectivity index (χ1n) is 3.56. The van der Waals surface area contributed by atoms with Gasteiger partial charge in [-0.2, -0.15) is 0 Å². The number of rotatable bonds is 5. The summed E-state index contributed by atoms with van der Waals surface area (Å²) in [7, 11) is 0.360. The van der Waals surface area contributed by atoms with E-state index < -0.39 is 5.97 Å². The summed E-state index contributed by atoms with van der Waals surface area (Å²) in [4.78, 5) is 10.1. The van der Waals surface area contributed by atoms with Crippen molar-refractivity contribution in [2.75, 3.05) is 17.3 Å². The van der Waals surface area contributed by atoms with E-state index in [0.29, 0.717) is 17.3 Å². The van der Waals surface area contributed by atoms with Crippen LogP contribution in [-0.4, -0.2) is 28.3 Å². The van der Waals surface area contributed by atoms with Crippen LogP contribution in [0.15, 0.2) is 0 Å². The van der Waals surface area contributed by atoms with Gasteiger partial charge < -0.3 is 5.11 Å². The molecule has 0 aromatic carbocycles. The molecule has 0 aromatic rings. The minimum absolute atomic E-state index is 0.338. The number of carboxylic acid groups (broad SMARTS) is 1. The molecule has 0 spiro atoms. The van der Waals surface area contributed by atoms with Crippen molar-refractivity contribution in [3.8, 4) is 0 Å². The van der Waals surface area contributed by atoms with Crippen molar-refractivity contribution in [1.82, 2.24) is 0 Å². The summed E-state index contributed by atoms with van der Waals surface area (Å²) in [6.45, 7) is 4.24. The van der Waals surface area contributed by atoms with E-state index in [-0.39, 0.29) is 0 Å². The van der Waals surface area contributed by atoms with E-state index in [4.69, 9.17) is 5.11 Å². The third-order valence-corrected chi connectivity index (χ3v) is 3.84. The van der Waals surface area contributed by atoms with Crippen LogP contribution in [0.3, 0.4) is 0 Å². The van der Waals surface area contributed by atoms with Gasteiger partial charge in [-0.05, 0) is 24.7 Å². The van der Waals surface area contributed by atoms with Crippen molar-refractivity contribution in [3.05, 3.63) is 0 Å². The zero-order valence-electron chi connectivity index (χ0n) is 6.59. The fourth-order valence-electron chi connectivity index (χ4n) is 0.724. The fraction of sp³-hybridized carbons (Fsp3) is 0.857. The summed E-state index contributed by atoms with van der Waals surface area (Å²) in [5.74, 6) is 2.45. The van der Waals surface area contributed by atoms with Gasteiger partial charge in [0.15, 0.2) is 0 Å². The summed E-state index contributed by atoms with van der Waals surface area (Å²) in [5, 5.41) is 8.36. The average Bonchev–Trinajstić information content (AvgIpc) is 1.90.